The number of aromatic nitrogens is 1. The molecule has 1 amide bonds. The van der Waals surface area contributed by atoms with Crippen LogP contribution in [0.2, 0.25) is 0 Å². The molecule has 1 heterocycles. The van der Waals surface area contributed by atoms with Gasteiger partial charge in [0.15, 0.2) is 0 Å². The maximum atomic E-state index is 12.3. The van der Waals surface area contributed by atoms with Gasteiger partial charge in [0, 0.05) is 30.0 Å². The van der Waals surface area contributed by atoms with Gasteiger partial charge in [-0.3, -0.25) is 4.79 Å². The van der Waals surface area contributed by atoms with E-state index in [9.17, 15) is 13.2 Å². The lowest BCUT2D eigenvalue weighted by atomic mass is 10.0. The number of amides is 1. The number of nitrogens with zero attached hydrogens (tertiary/aromatic N) is 1. The normalized spacial score (nSPS) is 20.7. The lowest BCUT2D eigenvalue weighted by molar-refractivity contribution is 0.0935. The number of aryl methyl sites for hydroxylation is 1. The molecule has 0 bridgehead atoms. The second-order valence-electron chi connectivity index (χ2n) is 6.46. The van der Waals surface area contributed by atoms with Crippen molar-refractivity contribution in [3.05, 3.63) is 18.0 Å². The minimum absolute atomic E-state index is 0.0230. The SMILES string of the molecule is Cn1cc(S(=O)(=O)Cl)cc1C(=O)NC1C(C)(C)C1(C)C. The van der Waals surface area contributed by atoms with Crippen LogP contribution in [0.1, 0.15) is 38.2 Å². The van der Waals surface area contributed by atoms with Gasteiger partial charge in [0.1, 0.15) is 10.6 Å². The van der Waals surface area contributed by atoms with Crippen LogP contribution in [0.4, 0.5) is 0 Å². The van der Waals surface area contributed by atoms with E-state index in [4.69, 9.17) is 10.7 Å². The first kappa shape index (κ1) is 15.4. The van der Waals surface area contributed by atoms with E-state index in [2.05, 4.69) is 33.0 Å². The molecule has 0 atom stereocenters. The van der Waals surface area contributed by atoms with Crippen LogP contribution in [-0.2, 0) is 16.1 Å². The van der Waals surface area contributed by atoms with Crippen LogP contribution in [0.3, 0.4) is 0 Å². The number of nitrogens with one attached hydrogen (secondary N) is 1. The van der Waals surface area contributed by atoms with Gasteiger partial charge in [-0.2, -0.15) is 0 Å². The highest BCUT2D eigenvalue weighted by Crippen LogP contribution is 2.62. The molecule has 0 spiro atoms. The summed E-state index contributed by atoms with van der Waals surface area (Å²) in [7, 11) is 3.07. The minimum Gasteiger partial charge on any atom is -0.347 e. The standard InChI is InChI=1S/C13H19ClN2O3S/c1-12(2)11(13(12,3)4)15-10(17)9-6-8(7-16(9)5)20(14,18)19/h6-7,11H,1-5H3,(H,15,17). The number of rotatable bonds is 3. The Bertz CT molecular complexity index is 660. The molecule has 5 nitrogen and oxygen atoms in total. The molecular formula is C13H19ClN2O3S. The van der Waals surface area contributed by atoms with Crippen LogP contribution < -0.4 is 5.32 Å². The molecule has 1 aromatic rings. The number of halogens is 1. The molecule has 0 aromatic carbocycles. The molecule has 0 unspecified atom stereocenters. The van der Waals surface area contributed by atoms with Gasteiger partial charge in [0.25, 0.3) is 15.0 Å². The zero-order valence-electron chi connectivity index (χ0n) is 12.2. The monoisotopic (exact) mass is 318 g/mol. The van der Waals surface area contributed by atoms with Crippen molar-refractivity contribution in [2.75, 3.05) is 0 Å². The summed E-state index contributed by atoms with van der Waals surface area (Å²) in [6.45, 7) is 8.38. The number of carbonyl (C=O) groups is 1. The summed E-state index contributed by atoms with van der Waals surface area (Å²) in [5.74, 6) is -0.289. The summed E-state index contributed by atoms with van der Waals surface area (Å²) in [6, 6.07) is 1.36. The zero-order chi connectivity index (χ0) is 15.5. The molecule has 1 saturated carbocycles. The van der Waals surface area contributed by atoms with Crippen molar-refractivity contribution in [3.63, 3.8) is 0 Å². The molecule has 1 fully saturated rings. The molecule has 0 radical (unpaired) electrons. The lowest BCUT2D eigenvalue weighted by Gasteiger charge is -2.07. The van der Waals surface area contributed by atoms with Crippen molar-refractivity contribution in [2.45, 2.75) is 38.6 Å². The van der Waals surface area contributed by atoms with E-state index in [1.165, 1.54) is 16.8 Å². The highest BCUT2D eigenvalue weighted by molar-refractivity contribution is 8.13. The van der Waals surface area contributed by atoms with Crippen molar-refractivity contribution in [3.8, 4) is 0 Å². The molecular weight excluding hydrogens is 300 g/mol. The smallest absolute Gasteiger partial charge is 0.268 e. The van der Waals surface area contributed by atoms with E-state index in [0.717, 1.165) is 0 Å². The quantitative estimate of drug-likeness (QED) is 0.868. The van der Waals surface area contributed by atoms with E-state index in [1.807, 2.05) is 0 Å². The number of hydrogen-bond acceptors (Lipinski definition) is 3. The van der Waals surface area contributed by atoms with E-state index < -0.39 is 9.05 Å². The molecule has 1 aromatic heterocycles. The van der Waals surface area contributed by atoms with Crippen molar-refractivity contribution < 1.29 is 13.2 Å². The van der Waals surface area contributed by atoms with Gasteiger partial charge in [-0.05, 0) is 16.9 Å². The summed E-state index contributed by atoms with van der Waals surface area (Å²) in [5, 5.41) is 2.96. The molecule has 0 aliphatic heterocycles. The van der Waals surface area contributed by atoms with Crippen molar-refractivity contribution in [2.24, 2.45) is 17.9 Å². The van der Waals surface area contributed by atoms with Gasteiger partial charge < -0.3 is 9.88 Å². The predicted molar refractivity (Wildman–Crippen MR) is 77.3 cm³/mol. The first-order chi connectivity index (χ1) is 8.89. The molecule has 1 aliphatic rings. The Hall–Kier alpha value is -1.01. The fourth-order valence-corrected chi connectivity index (χ4v) is 3.45. The molecule has 1 aliphatic carbocycles. The Balaban J connectivity index is 2.22. The molecule has 20 heavy (non-hydrogen) atoms. The third-order valence-corrected chi connectivity index (χ3v) is 6.11. The summed E-state index contributed by atoms with van der Waals surface area (Å²) >= 11 is 0. The Labute approximate surface area is 123 Å². The second-order valence-corrected chi connectivity index (χ2v) is 9.03. The Morgan fingerprint density at radius 2 is 1.80 bits per heavy atom. The van der Waals surface area contributed by atoms with Crippen LogP contribution >= 0.6 is 10.7 Å². The molecule has 7 heteroatoms. The van der Waals surface area contributed by atoms with Crippen molar-refractivity contribution >= 4 is 25.6 Å². The summed E-state index contributed by atoms with van der Waals surface area (Å²) < 4.78 is 24.0. The van der Waals surface area contributed by atoms with Gasteiger partial charge in [0.2, 0.25) is 0 Å². The van der Waals surface area contributed by atoms with Gasteiger partial charge in [-0.25, -0.2) is 8.42 Å². The van der Waals surface area contributed by atoms with E-state index >= 15 is 0 Å². The Kier molecular flexibility index (Phi) is 3.26. The van der Waals surface area contributed by atoms with Crippen LogP contribution in [0, 0.1) is 10.8 Å². The van der Waals surface area contributed by atoms with E-state index in [-0.39, 0.29) is 33.4 Å². The third-order valence-electron chi connectivity index (χ3n) is 4.79. The Morgan fingerprint density at radius 3 is 2.15 bits per heavy atom. The fraction of sp³-hybridized carbons (Fsp3) is 0.615. The molecule has 112 valence electrons. The summed E-state index contributed by atoms with van der Waals surface area (Å²) in [6.07, 6.45) is 1.33. The van der Waals surface area contributed by atoms with Crippen LogP contribution in [-0.4, -0.2) is 24.9 Å². The van der Waals surface area contributed by atoms with Gasteiger partial charge in [-0.15, -0.1) is 0 Å². The van der Waals surface area contributed by atoms with Crippen LogP contribution in [0.5, 0.6) is 0 Å². The van der Waals surface area contributed by atoms with Crippen molar-refractivity contribution in [1.29, 1.82) is 0 Å². The molecule has 2 rings (SSSR count). The first-order valence-corrected chi connectivity index (χ1v) is 8.62. The van der Waals surface area contributed by atoms with E-state index in [0.29, 0.717) is 0 Å². The second kappa shape index (κ2) is 4.24. The highest BCUT2D eigenvalue weighted by Gasteiger charge is 2.65. The number of carbonyl (C=O) groups excluding carboxylic acids is 1. The summed E-state index contributed by atoms with van der Waals surface area (Å²) in [4.78, 5) is 12.2. The van der Waals surface area contributed by atoms with Crippen LogP contribution in [0.25, 0.3) is 0 Å². The maximum Gasteiger partial charge on any atom is 0.268 e. The Morgan fingerprint density at radius 1 is 1.30 bits per heavy atom. The largest absolute Gasteiger partial charge is 0.347 e. The molecule has 0 saturated heterocycles. The summed E-state index contributed by atoms with van der Waals surface area (Å²) in [5.41, 5.74) is 0.326. The van der Waals surface area contributed by atoms with Crippen LogP contribution in [0.15, 0.2) is 17.2 Å². The highest BCUT2D eigenvalue weighted by atomic mass is 35.7. The maximum absolute atomic E-state index is 12.3. The van der Waals surface area contributed by atoms with Gasteiger partial charge >= 0.3 is 0 Å². The molecule has 1 N–H and O–H groups in total. The topological polar surface area (TPSA) is 68.2 Å². The van der Waals surface area contributed by atoms with Gasteiger partial charge in [-0.1, -0.05) is 27.7 Å². The predicted octanol–water partition coefficient (Wildman–Crippen LogP) is 2.12. The zero-order valence-corrected chi connectivity index (χ0v) is 13.8. The number of hydrogen-bond donors (Lipinski definition) is 1. The minimum atomic E-state index is -3.83. The third kappa shape index (κ3) is 2.24. The fourth-order valence-electron chi connectivity index (χ4n) is 2.66. The van der Waals surface area contributed by atoms with Crippen molar-refractivity contribution in [1.82, 2.24) is 9.88 Å². The van der Waals surface area contributed by atoms with E-state index in [1.54, 1.807) is 7.05 Å². The average Bonchev–Trinajstić information content (AvgIpc) is 2.64. The lowest BCUT2D eigenvalue weighted by Crippen LogP contribution is -2.31. The first-order valence-electron chi connectivity index (χ1n) is 6.31. The van der Waals surface area contributed by atoms with Gasteiger partial charge in [0.05, 0.1) is 0 Å². The average molecular weight is 319 g/mol.